The number of H-pyrrole nitrogens is 1. The van der Waals surface area contributed by atoms with Crippen molar-refractivity contribution >= 4 is 21.6 Å². The summed E-state index contributed by atoms with van der Waals surface area (Å²) in [6.45, 7) is 1.54. The Bertz CT molecular complexity index is 1360. The molecule has 180 valence electrons. The SMILES string of the molecule is C#CCOC[C@H](O)CN(Cc1ccccc1)Cc1nc2scc(-c3ccccc3OC)c2c(=O)[nH]1. The van der Waals surface area contributed by atoms with E-state index in [9.17, 15) is 9.90 Å². The Balaban J connectivity index is 1.60. The number of para-hydroxylation sites is 1. The van der Waals surface area contributed by atoms with E-state index in [2.05, 4.69) is 10.9 Å². The maximum atomic E-state index is 13.2. The molecule has 0 bridgehead atoms. The van der Waals surface area contributed by atoms with Crippen molar-refractivity contribution in [2.75, 3.05) is 26.9 Å². The first-order valence-electron chi connectivity index (χ1n) is 11.2. The van der Waals surface area contributed by atoms with E-state index in [1.807, 2.05) is 64.9 Å². The zero-order valence-corrected chi connectivity index (χ0v) is 20.3. The highest BCUT2D eigenvalue weighted by Crippen LogP contribution is 2.36. The second-order valence-electron chi connectivity index (χ2n) is 8.07. The topological polar surface area (TPSA) is 87.7 Å². The lowest BCUT2D eigenvalue weighted by molar-refractivity contribution is 0.0238. The van der Waals surface area contributed by atoms with Crippen LogP contribution in [0.25, 0.3) is 21.3 Å². The average Bonchev–Trinajstić information content (AvgIpc) is 3.29. The van der Waals surface area contributed by atoms with Crippen LogP contribution in [-0.2, 0) is 17.8 Å². The normalized spacial score (nSPS) is 12.1. The number of fused-ring (bicyclic) bond motifs is 1. The van der Waals surface area contributed by atoms with Gasteiger partial charge < -0.3 is 19.6 Å². The molecule has 0 saturated carbocycles. The molecule has 0 aliphatic rings. The standard InChI is InChI=1S/C27H27N3O4S/c1-3-13-34-17-20(31)15-30(14-19-9-5-4-6-10-19)16-24-28-26(32)25-22(18-35-27(25)29-24)21-11-7-8-12-23(21)33-2/h1,4-12,18,20,31H,13-17H2,2H3,(H,28,29,32)/t20-/m1/s1. The lowest BCUT2D eigenvalue weighted by Crippen LogP contribution is -2.35. The third kappa shape index (κ3) is 6.15. The predicted octanol–water partition coefficient (Wildman–Crippen LogP) is 3.67. The van der Waals surface area contributed by atoms with Crippen LogP contribution in [0.1, 0.15) is 11.4 Å². The van der Waals surface area contributed by atoms with Crippen molar-refractivity contribution in [3.8, 4) is 29.2 Å². The fourth-order valence-electron chi connectivity index (χ4n) is 3.98. The van der Waals surface area contributed by atoms with Crippen molar-refractivity contribution in [2.45, 2.75) is 19.2 Å². The molecular formula is C27H27N3O4S. The maximum absolute atomic E-state index is 13.2. The Morgan fingerprint density at radius 3 is 2.69 bits per heavy atom. The van der Waals surface area contributed by atoms with Gasteiger partial charge in [-0.2, -0.15) is 0 Å². The number of benzene rings is 2. The van der Waals surface area contributed by atoms with E-state index in [0.29, 0.717) is 41.4 Å². The lowest BCUT2D eigenvalue weighted by atomic mass is 10.1. The quantitative estimate of drug-likeness (QED) is 0.247. The molecule has 2 heterocycles. The molecule has 4 rings (SSSR count). The van der Waals surface area contributed by atoms with Crippen molar-refractivity contribution < 1.29 is 14.6 Å². The van der Waals surface area contributed by atoms with Crippen LogP contribution in [0, 0.1) is 12.3 Å². The third-order valence-corrected chi connectivity index (χ3v) is 6.35. The molecule has 2 aromatic heterocycles. The van der Waals surface area contributed by atoms with E-state index in [4.69, 9.17) is 20.9 Å². The van der Waals surface area contributed by atoms with Gasteiger partial charge in [0.2, 0.25) is 0 Å². The number of nitrogens with zero attached hydrogens (tertiary/aromatic N) is 2. The van der Waals surface area contributed by atoms with E-state index in [1.54, 1.807) is 7.11 Å². The zero-order valence-electron chi connectivity index (χ0n) is 19.4. The Morgan fingerprint density at radius 2 is 1.91 bits per heavy atom. The summed E-state index contributed by atoms with van der Waals surface area (Å²) in [7, 11) is 1.61. The number of methoxy groups -OCH3 is 1. The van der Waals surface area contributed by atoms with Gasteiger partial charge in [0.05, 0.1) is 31.8 Å². The molecule has 1 atom stereocenters. The number of aliphatic hydroxyl groups is 1. The Kier molecular flexibility index (Phi) is 8.29. The van der Waals surface area contributed by atoms with Crippen LogP contribution in [0.3, 0.4) is 0 Å². The van der Waals surface area contributed by atoms with Crippen LogP contribution >= 0.6 is 11.3 Å². The Hall–Kier alpha value is -3.48. The first-order valence-corrected chi connectivity index (χ1v) is 12.1. The molecule has 0 saturated heterocycles. The van der Waals surface area contributed by atoms with E-state index in [0.717, 1.165) is 16.7 Å². The summed E-state index contributed by atoms with van der Waals surface area (Å²) in [5.41, 5.74) is 2.53. The summed E-state index contributed by atoms with van der Waals surface area (Å²) in [4.78, 5) is 23.5. The second-order valence-corrected chi connectivity index (χ2v) is 8.93. The van der Waals surface area contributed by atoms with E-state index < -0.39 is 6.10 Å². The first-order chi connectivity index (χ1) is 17.1. The summed E-state index contributed by atoms with van der Waals surface area (Å²) >= 11 is 1.42. The van der Waals surface area contributed by atoms with Gasteiger partial charge in [-0.15, -0.1) is 17.8 Å². The Morgan fingerprint density at radius 1 is 1.14 bits per heavy atom. The molecule has 0 unspecified atom stereocenters. The lowest BCUT2D eigenvalue weighted by Gasteiger charge is -2.24. The van der Waals surface area contributed by atoms with Crippen LogP contribution in [0.5, 0.6) is 5.75 Å². The molecule has 0 aliphatic carbocycles. The number of hydrogen-bond donors (Lipinski definition) is 2. The van der Waals surface area contributed by atoms with Crippen molar-refractivity contribution in [1.29, 1.82) is 0 Å². The molecule has 0 aliphatic heterocycles. The summed E-state index contributed by atoms with van der Waals surface area (Å²) in [6, 6.07) is 17.5. The highest BCUT2D eigenvalue weighted by Gasteiger charge is 2.18. The molecule has 0 amide bonds. The summed E-state index contributed by atoms with van der Waals surface area (Å²) < 4.78 is 10.8. The molecule has 35 heavy (non-hydrogen) atoms. The monoisotopic (exact) mass is 489 g/mol. The van der Waals surface area contributed by atoms with Gasteiger partial charge in [0, 0.05) is 29.6 Å². The molecule has 0 radical (unpaired) electrons. The van der Waals surface area contributed by atoms with Gasteiger partial charge in [-0.25, -0.2) is 4.98 Å². The number of hydrogen-bond acceptors (Lipinski definition) is 7. The highest BCUT2D eigenvalue weighted by molar-refractivity contribution is 7.17. The zero-order chi connectivity index (χ0) is 24.6. The van der Waals surface area contributed by atoms with Crippen LogP contribution in [0.4, 0.5) is 0 Å². The van der Waals surface area contributed by atoms with Gasteiger partial charge >= 0.3 is 0 Å². The smallest absolute Gasteiger partial charge is 0.260 e. The number of terminal acetylenes is 1. The molecular weight excluding hydrogens is 462 g/mol. The van der Waals surface area contributed by atoms with Gasteiger partial charge in [-0.1, -0.05) is 54.5 Å². The highest BCUT2D eigenvalue weighted by atomic mass is 32.1. The summed E-state index contributed by atoms with van der Waals surface area (Å²) in [6.07, 6.45) is 4.49. The predicted molar refractivity (Wildman–Crippen MR) is 138 cm³/mol. The minimum atomic E-state index is -0.735. The average molecular weight is 490 g/mol. The fraction of sp³-hybridized carbons (Fsp3) is 0.259. The minimum Gasteiger partial charge on any atom is -0.496 e. The van der Waals surface area contributed by atoms with Gasteiger partial charge in [-0.05, 0) is 11.6 Å². The van der Waals surface area contributed by atoms with Crippen molar-refractivity contribution in [3.63, 3.8) is 0 Å². The number of aromatic nitrogens is 2. The maximum Gasteiger partial charge on any atom is 0.260 e. The first kappa shape index (κ1) is 24.6. The number of aliphatic hydroxyl groups excluding tert-OH is 1. The number of thiophene rings is 1. The van der Waals surface area contributed by atoms with Crippen LogP contribution in [-0.4, -0.2) is 52.9 Å². The molecule has 7 nitrogen and oxygen atoms in total. The molecule has 8 heteroatoms. The van der Waals surface area contributed by atoms with Crippen LogP contribution in [0.2, 0.25) is 0 Å². The van der Waals surface area contributed by atoms with Gasteiger partial charge in [-0.3, -0.25) is 9.69 Å². The summed E-state index contributed by atoms with van der Waals surface area (Å²) in [5, 5.41) is 12.9. The molecule has 2 N–H and O–H groups in total. The number of aromatic amines is 1. The minimum absolute atomic E-state index is 0.131. The summed E-state index contributed by atoms with van der Waals surface area (Å²) in [5.74, 6) is 3.63. The number of ether oxygens (including phenoxy) is 2. The van der Waals surface area contributed by atoms with Crippen LogP contribution in [0.15, 0.2) is 64.8 Å². The Labute approximate surface area is 208 Å². The van der Waals surface area contributed by atoms with E-state index >= 15 is 0 Å². The molecule has 2 aromatic carbocycles. The van der Waals surface area contributed by atoms with Crippen molar-refractivity contribution in [3.05, 3.63) is 81.7 Å². The largest absolute Gasteiger partial charge is 0.496 e. The fourth-order valence-corrected chi connectivity index (χ4v) is 4.93. The van der Waals surface area contributed by atoms with Gasteiger partial charge in [0.1, 0.15) is 23.0 Å². The number of nitrogens with one attached hydrogen (secondary N) is 1. The van der Waals surface area contributed by atoms with E-state index in [-0.39, 0.29) is 18.8 Å². The number of rotatable bonds is 11. The second kappa shape index (κ2) is 11.8. The van der Waals surface area contributed by atoms with Crippen LogP contribution < -0.4 is 10.3 Å². The van der Waals surface area contributed by atoms with Gasteiger partial charge in [0.25, 0.3) is 5.56 Å². The van der Waals surface area contributed by atoms with Gasteiger partial charge in [0.15, 0.2) is 0 Å². The van der Waals surface area contributed by atoms with Crippen molar-refractivity contribution in [1.82, 2.24) is 14.9 Å². The third-order valence-electron chi connectivity index (χ3n) is 5.48. The molecule has 4 aromatic rings. The van der Waals surface area contributed by atoms with E-state index in [1.165, 1.54) is 11.3 Å². The molecule has 0 fully saturated rings. The molecule has 0 spiro atoms. The van der Waals surface area contributed by atoms with Crippen molar-refractivity contribution in [2.24, 2.45) is 0 Å².